The van der Waals surface area contributed by atoms with E-state index in [2.05, 4.69) is 5.32 Å². The zero-order chi connectivity index (χ0) is 17.5. The van der Waals surface area contributed by atoms with Crippen LogP contribution in [0.5, 0.6) is 5.75 Å². The van der Waals surface area contributed by atoms with Gasteiger partial charge in [-0.25, -0.2) is 8.42 Å². The predicted octanol–water partition coefficient (Wildman–Crippen LogP) is 0.123. The molecule has 1 unspecified atom stereocenters. The van der Waals surface area contributed by atoms with Crippen molar-refractivity contribution in [3.63, 3.8) is 0 Å². The number of fused-ring (bicyclic) bond motifs is 1. The molecule has 0 radical (unpaired) electrons. The molecule has 1 atom stereocenters. The molecule has 2 aliphatic rings. The van der Waals surface area contributed by atoms with Crippen LogP contribution >= 0.6 is 0 Å². The lowest BCUT2D eigenvalue weighted by molar-refractivity contribution is -0.122. The lowest BCUT2D eigenvalue weighted by Crippen LogP contribution is -2.50. The van der Waals surface area contributed by atoms with Crippen LogP contribution in [0.15, 0.2) is 18.2 Å². The summed E-state index contributed by atoms with van der Waals surface area (Å²) < 4.78 is 29.9. The zero-order valence-corrected chi connectivity index (χ0v) is 14.3. The third kappa shape index (κ3) is 3.22. The van der Waals surface area contributed by atoms with Gasteiger partial charge in [0.1, 0.15) is 5.75 Å². The fourth-order valence-corrected chi connectivity index (χ4v) is 3.57. The molecule has 1 aromatic carbocycles. The average molecular weight is 353 g/mol. The molecule has 0 saturated carbocycles. The third-order valence-corrected chi connectivity index (χ3v) is 5.46. The number of sulfonamides is 1. The van der Waals surface area contributed by atoms with Gasteiger partial charge in [0.25, 0.3) is 11.8 Å². The quantitative estimate of drug-likeness (QED) is 0.815. The maximum atomic E-state index is 12.6. The van der Waals surface area contributed by atoms with Crippen molar-refractivity contribution < 1.29 is 22.7 Å². The standard InChI is InChI=1S/C15H19N3O5S/c1-10-14(19)16-12-9-11(3-4-13(12)23-10)15(20)17-5-7-18(8-6-17)24(2,21)22/h3-4,9-10H,5-8H2,1-2H3,(H,16,19). The molecule has 2 aliphatic heterocycles. The summed E-state index contributed by atoms with van der Waals surface area (Å²) in [5.41, 5.74) is 0.902. The highest BCUT2D eigenvalue weighted by atomic mass is 32.2. The van der Waals surface area contributed by atoms with E-state index in [4.69, 9.17) is 4.74 Å². The molecule has 8 nitrogen and oxygen atoms in total. The molecule has 0 bridgehead atoms. The number of nitrogens with zero attached hydrogens (tertiary/aromatic N) is 2. The van der Waals surface area contributed by atoms with Crippen molar-refractivity contribution in [1.82, 2.24) is 9.21 Å². The van der Waals surface area contributed by atoms with Crippen LogP contribution in [0.1, 0.15) is 17.3 Å². The number of benzene rings is 1. The van der Waals surface area contributed by atoms with Crippen molar-refractivity contribution in [3.8, 4) is 5.75 Å². The average Bonchev–Trinajstić information content (AvgIpc) is 2.54. The molecule has 1 N–H and O–H groups in total. The molecule has 130 valence electrons. The van der Waals surface area contributed by atoms with E-state index in [1.807, 2.05) is 0 Å². The van der Waals surface area contributed by atoms with Crippen LogP contribution in [0.2, 0.25) is 0 Å². The minimum atomic E-state index is -3.23. The van der Waals surface area contributed by atoms with Gasteiger partial charge in [0.2, 0.25) is 10.0 Å². The van der Waals surface area contributed by atoms with Crippen molar-refractivity contribution >= 4 is 27.5 Å². The number of anilines is 1. The Labute approximate surface area is 140 Å². The Balaban J connectivity index is 1.73. The molecule has 1 saturated heterocycles. The minimum absolute atomic E-state index is 0.196. The highest BCUT2D eigenvalue weighted by Crippen LogP contribution is 2.30. The summed E-state index contributed by atoms with van der Waals surface area (Å²) in [4.78, 5) is 25.9. The number of ether oxygens (including phenoxy) is 1. The van der Waals surface area contributed by atoms with Gasteiger partial charge in [-0.1, -0.05) is 0 Å². The number of hydrogen-bond donors (Lipinski definition) is 1. The van der Waals surface area contributed by atoms with E-state index in [0.717, 1.165) is 6.26 Å². The van der Waals surface area contributed by atoms with E-state index < -0.39 is 16.1 Å². The summed E-state index contributed by atoms with van der Waals surface area (Å²) in [6.07, 6.45) is 0.598. The van der Waals surface area contributed by atoms with Crippen LogP contribution in [0.3, 0.4) is 0 Å². The maximum absolute atomic E-state index is 12.6. The molecular weight excluding hydrogens is 334 g/mol. The minimum Gasteiger partial charge on any atom is -0.479 e. The summed E-state index contributed by atoms with van der Waals surface area (Å²) in [6, 6.07) is 4.89. The molecule has 0 spiro atoms. The Morgan fingerprint density at radius 1 is 1.25 bits per heavy atom. The van der Waals surface area contributed by atoms with Gasteiger partial charge in [0.15, 0.2) is 6.10 Å². The number of amides is 2. The van der Waals surface area contributed by atoms with Crippen LogP contribution in [0, 0.1) is 0 Å². The highest BCUT2D eigenvalue weighted by Gasteiger charge is 2.28. The van der Waals surface area contributed by atoms with Gasteiger partial charge in [-0.2, -0.15) is 4.31 Å². The van der Waals surface area contributed by atoms with Crippen LogP contribution < -0.4 is 10.1 Å². The fraction of sp³-hybridized carbons (Fsp3) is 0.467. The number of hydrogen-bond acceptors (Lipinski definition) is 5. The normalized spacial score (nSPS) is 21.7. The lowest BCUT2D eigenvalue weighted by Gasteiger charge is -2.33. The highest BCUT2D eigenvalue weighted by molar-refractivity contribution is 7.88. The fourth-order valence-electron chi connectivity index (χ4n) is 2.75. The van der Waals surface area contributed by atoms with E-state index >= 15 is 0 Å². The number of carbonyl (C=O) groups excluding carboxylic acids is 2. The first kappa shape index (κ1) is 16.7. The SMILES string of the molecule is CC1Oc2ccc(C(=O)N3CCN(S(C)(=O)=O)CC3)cc2NC1=O. The first-order valence-electron chi connectivity index (χ1n) is 7.61. The van der Waals surface area contributed by atoms with Gasteiger partial charge < -0.3 is 15.0 Å². The lowest BCUT2D eigenvalue weighted by atomic mass is 10.1. The predicted molar refractivity (Wildman–Crippen MR) is 87.5 cm³/mol. The molecular formula is C15H19N3O5S. The second-order valence-corrected chi connectivity index (χ2v) is 7.90. The maximum Gasteiger partial charge on any atom is 0.265 e. The second kappa shape index (κ2) is 6.06. The summed E-state index contributed by atoms with van der Waals surface area (Å²) in [7, 11) is -3.23. The summed E-state index contributed by atoms with van der Waals surface area (Å²) in [5.74, 6) is 0.0771. The van der Waals surface area contributed by atoms with Gasteiger partial charge >= 0.3 is 0 Å². The third-order valence-electron chi connectivity index (χ3n) is 4.15. The Kier molecular flexibility index (Phi) is 4.22. The van der Waals surface area contributed by atoms with E-state index in [0.29, 0.717) is 30.1 Å². The number of rotatable bonds is 2. The summed E-state index contributed by atoms with van der Waals surface area (Å²) >= 11 is 0. The van der Waals surface area contributed by atoms with Crippen molar-refractivity contribution in [2.75, 3.05) is 37.8 Å². The Morgan fingerprint density at radius 2 is 1.92 bits per heavy atom. The zero-order valence-electron chi connectivity index (χ0n) is 13.5. The van der Waals surface area contributed by atoms with Crippen molar-refractivity contribution in [1.29, 1.82) is 0 Å². The molecule has 0 aliphatic carbocycles. The first-order chi connectivity index (χ1) is 11.3. The molecule has 2 heterocycles. The Morgan fingerprint density at radius 3 is 2.54 bits per heavy atom. The molecule has 1 fully saturated rings. The number of piperazine rings is 1. The Hall–Kier alpha value is -2.13. The van der Waals surface area contributed by atoms with E-state index in [1.165, 1.54) is 4.31 Å². The molecule has 2 amide bonds. The molecule has 1 aromatic rings. The van der Waals surface area contributed by atoms with Crippen LogP contribution in [-0.4, -0.2) is 68.0 Å². The van der Waals surface area contributed by atoms with E-state index in [1.54, 1.807) is 30.0 Å². The van der Waals surface area contributed by atoms with E-state index in [-0.39, 0.29) is 24.9 Å². The molecule has 0 aromatic heterocycles. The topological polar surface area (TPSA) is 96.0 Å². The van der Waals surface area contributed by atoms with E-state index in [9.17, 15) is 18.0 Å². The molecule has 24 heavy (non-hydrogen) atoms. The van der Waals surface area contributed by atoms with Gasteiger partial charge in [0.05, 0.1) is 11.9 Å². The van der Waals surface area contributed by atoms with Gasteiger partial charge in [-0.3, -0.25) is 9.59 Å². The summed E-state index contributed by atoms with van der Waals surface area (Å²) in [5, 5.41) is 2.71. The Bertz CT molecular complexity index is 784. The monoisotopic (exact) mass is 353 g/mol. The molecule has 9 heteroatoms. The van der Waals surface area contributed by atoms with Gasteiger partial charge in [0, 0.05) is 31.7 Å². The van der Waals surface area contributed by atoms with Crippen molar-refractivity contribution in [2.24, 2.45) is 0 Å². The largest absolute Gasteiger partial charge is 0.479 e. The summed E-state index contributed by atoms with van der Waals surface area (Å²) in [6.45, 7) is 2.89. The van der Waals surface area contributed by atoms with Crippen LogP contribution in [0.25, 0.3) is 0 Å². The first-order valence-corrected chi connectivity index (χ1v) is 9.46. The van der Waals surface area contributed by atoms with Gasteiger partial charge in [-0.15, -0.1) is 0 Å². The number of carbonyl (C=O) groups is 2. The molecule has 3 rings (SSSR count). The van der Waals surface area contributed by atoms with Crippen molar-refractivity contribution in [2.45, 2.75) is 13.0 Å². The van der Waals surface area contributed by atoms with Crippen molar-refractivity contribution in [3.05, 3.63) is 23.8 Å². The second-order valence-electron chi connectivity index (χ2n) is 5.91. The van der Waals surface area contributed by atoms with Crippen LogP contribution in [0.4, 0.5) is 5.69 Å². The smallest absolute Gasteiger partial charge is 0.265 e. The van der Waals surface area contributed by atoms with Crippen LogP contribution in [-0.2, 0) is 14.8 Å². The van der Waals surface area contributed by atoms with Gasteiger partial charge in [-0.05, 0) is 25.1 Å². The number of nitrogens with one attached hydrogen (secondary N) is 1.